The molecule has 1 aromatic heterocycles. The second-order valence-electron chi connectivity index (χ2n) is 3.43. The Morgan fingerprint density at radius 3 is 3.00 bits per heavy atom. The minimum absolute atomic E-state index is 0.260. The lowest BCUT2D eigenvalue weighted by molar-refractivity contribution is 0.284. The molecule has 1 aromatic carbocycles. The van der Waals surface area contributed by atoms with Crippen molar-refractivity contribution in [3.05, 3.63) is 41.0 Å². The molecule has 0 aliphatic rings. The first-order valence-electron chi connectivity index (χ1n) is 5.16. The number of ether oxygens (including phenoxy) is 1. The molecule has 0 amide bonds. The van der Waals surface area contributed by atoms with Crippen LogP contribution in [0.25, 0.3) is 0 Å². The predicted molar refractivity (Wildman–Crippen MR) is 62.8 cm³/mol. The summed E-state index contributed by atoms with van der Waals surface area (Å²) >= 11 is 5.92. The van der Waals surface area contributed by atoms with Crippen molar-refractivity contribution in [3.63, 3.8) is 0 Å². The van der Waals surface area contributed by atoms with Gasteiger partial charge in [-0.25, -0.2) is 0 Å². The summed E-state index contributed by atoms with van der Waals surface area (Å²) < 4.78 is 10.2. The number of hydrogen-bond acceptors (Lipinski definition) is 5. The highest BCUT2D eigenvalue weighted by Crippen LogP contribution is 2.23. The molecule has 90 valence electrons. The van der Waals surface area contributed by atoms with Crippen LogP contribution in [-0.4, -0.2) is 16.7 Å². The Balaban J connectivity index is 2.08. The Morgan fingerprint density at radius 2 is 2.29 bits per heavy atom. The number of benzene rings is 1. The van der Waals surface area contributed by atoms with Crippen LogP contribution < -0.4 is 10.5 Å². The molecule has 0 spiro atoms. The largest absolute Gasteiger partial charge is 0.485 e. The van der Waals surface area contributed by atoms with E-state index in [1.54, 1.807) is 6.07 Å². The standard InChI is InChI=1S/C11H12ClN3O2/c12-9-1-2-10(8(5-9)3-4-13)16-6-11-14-7-17-15-11/h1-2,5,7H,3-4,6,13H2. The predicted octanol–water partition coefficient (Wildman–Crippen LogP) is 1.80. The van der Waals surface area contributed by atoms with E-state index in [-0.39, 0.29) is 6.61 Å². The van der Waals surface area contributed by atoms with E-state index in [2.05, 4.69) is 14.7 Å². The molecular weight excluding hydrogens is 242 g/mol. The van der Waals surface area contributed by atoms with Crippen LogP contribution in [-0.2, 0) is 13.0 Å². The van der Waals surface area contributed by atoms with Crippen molar-refractivity contribution in [2.75, 3.05) is 6.54 Å². The summed E-state index contributed by atoms with van der Waals surface area (Å²) in [6.45, 7) is 0.800. The van der Waals surface area contributed by atoms with E-state index >= 15 is 0 Å². The number of hydrogen-bond donors (Lipinski definition) is 1. The van der Waals surface area contributed by atoms with Gasteiger partial charge in [0.2, 0.25) is 12.2 Å². The molecule has 2 rings (SSSR count). The van der Waals surface area contributed by atoms with Crippen molar-refractivity contribution >= 4 is 11.6 Å². The first-order valence-corrected chi connectivity index (χ1v) is 5.54. The van der Waals surface area contributed by atoms with Gasteiger partial charge in [-0.1, -0.05) is 16.8 Å². The second-order valence-corrected chi connectivity index (χ2v) is 3.86. The third kappa shape index (κ3) is 3.18. The molecule has 0 bridgehead atoms. The lowest BCUT2D eigenvalue weighted by Crippen LogP contribution is -2.06. The van der Waals surface area contributed by atoms with E-state index in [0.29, 0.717) is 23.8 Å². The van der Waals surface area contributed by atoms with Crippen molar-refractivity contribution in [1.29, 1.82) is 0 Å². The maximum absolute atomic E-state index is 5.92. The lowest BCUT2D eigenvalue weighted by atomic mass is 10.1. The molecule has 0 saturated carbocycles. The van der Waals surface area contributed by atoms with Crippen LogP contribution in [0.1, 0.15) is 11.4 Å². The van der Waals surface area contributed by atoms with Crippen LogP contribution in [0, 0.1) is 0 Å². The van der Waals surface area contributed by atoms with E-state index in [4.69, 9.17) is 22.1 Å². The summed E-state index contributed by atoms with van der Waals surface area (Å²) in [5.74, 6) is 1.24. The van der Waals surface area contributed by atoms with E-state index in [1.165, 1.54) is 6.39 Å². The van der Waals surface area contributed by atoms with Gasteiger partial charge >= 0.3 is 0 Å². The molecule has 0 fully saturated rings. The Labute approximate surface area is 104 Å². The van der Waals surface area contributed by atoms with Gasteiger partial charge in [0, 0.05) is 5.02 Å². The van der Waals surface area contributed by atoms with Crippen LogP contribution in [0.3, 0.4) is 0 Å². The Kier molecular flexibility index (Phi) is 3.95. The SMILES string of the molecule is NCCc1cc(Cl)ccc1OCc1ncon1. The normalized spacial score (nSPS) is 10.5. The molecule has 0 unspecified atom stereocenters. The Hall–Kier alpha value is -1.59. The molecular formula is C11H12ClN3O2. The van der Waals surface area contributed by atoms with Crippen LogP contribution in [0.2, 0.25) is 5.02 Å². The Morgan fingerprint density at radius 1 is 1.41 bits per heavy atom. The monoisotopic (exact) mass is 253 g/mol. The molecule has 6 heteroatoms. The fourth-order valence-electron chi connectivity index (χ4n) is 1.44. The quantitative estimate of drug-likeness (QED) is 0.880. The zero-order chi connectivity index (χ0) is 12.1. The first kappa shape index (κ1) is 11.9. The van der Waals surface area contributed by atoms with Gasteiger partial charge in [-0.3, -0.25) is 0 Å². The van der Waals surface area contributed by atoms with Gasteiger partial charge in [0.05, 0.1) is 0 Å². The van der Waals surface area contributed by atoms with Crippen LogP contribution in [0.15, 0.2) is 29.1 Å². The average Bonchev–Trinajstić information content (AvgIpc) is 2.81. The van der Waals surface area contributed by atoms with E-state index in [9.17, 15) is 0 Å². The van der Waals surface area contributed by atoms with Gasteiger partial charge in [-0.15, -0.1) is 0 Å². The van der Waals surface area contributed by atoms with Gasteiger partial charge in [-0.2, -0.15) is 4.98 Å². The highest BCUT2D eigenvalue weighted by molar-refractivity contribution is 6.30. The molecule has 5 nitrogen and oxygen atoms in total. The molecule has 2 aromatic rings. The number of aromatic nitrogens is 2. The zero-order valence-electron chi connectivity index (χ0n) is 9.10. The number of nitrogens with two attached hydrogens (primary N) is 1. The molecule has 0 atom stereocenters. The van der Waals surface area contributed by atoms with Crippen molar-refractivity contribution < 1.29 is 9.26 Å². The van der Waals surface area contributed by atoms with E-state index in [1.807, 2.05) is 12.1 Å². The number of rotatable bonds is 5. The smallest absolute Gasteiger partial charge is 0.213 e. The van der Waals surface area contributed by atoms with Crippen LogP contribution in [0.5, 0.6) is 5.75 Å². The number of halogens is 1. The maximum atomic E-state index is 5.92. The summed E-state index contributed by atoms with van der Waals surface area (Å²) in [4.78, 5) is 3.87. The van der Waals surface area contributed by atoms with Gasteiger partial charge < -0.3 is 15.0 Å². The van der Waals surface area contributed by atoms with Gasteiger partial charge in [0.25, 0.3) is 0 Å². The van der Waals surface area contributed by atoms with Crippen molar-refractivity contribution in [3.8, 4) is 5.75 Å². The third-order valence-electron chi connectivity index (χ3n) is 2.20. The zero-order valence-corrected chi connectivity index (χ0v) is 9.85. The van der Waals surface area contributed by atoms with Crippen molar-refractivity contribution in [1.82, 2.24) is 10.1 Å². The third-order valence-corrected chi connectivity index (χ3v) is 2.44. The summed E-state index contributed by atoms with van der Waals surface area (Å²) in [5.41, 5.74) is 6.51. The fourth-order valence-corrected chi connectivity index (χ4v) is 1.63. The Bertz CT molecular complexity index is 474. The molecule has 0 aliphatic heterocycles. The summed E-state index contributed by atoms with van der Waals surface area (Å²) in [7, 11) is 0. The van der Waals surface area contributed by atoms with Gasteiger partial charge in [-0.05, 0) is 36.7 Å². The topological polar surface area (TPSA) is 74.2 Å². The minimum atomic E-state index is 0.260. The highest BCUT2D eigenvalue weighted by atomic mass is 35.5. The molecule has 1 heterocycles. The molecule has 17 heavy (non-hydrogen) atoms. The van der Waals surface area contributed by atoms with E-state index in [0.717, 1.165) is 11.3 Å². The highest BCUT2D eigenvalue weighted by Gasteiger charge is 2.06. The molecule has 2 N–H and O–H groups in total. The van der Waals surface area contributed by atoms with Gasteiger partial charge in [0.15, 0.2) is 6.61 Å². The first-order chi connectivity index (χ1) is 8.29. The summed E-state index contributed by atoms with van der Waals surface area (Å²) in [6, 6.07) is 5.43. The number of nitrogens with zero attached hydrogens (tertiary/aromatic N) is 2. The van der Waals surface area contributed by atoms with E-state index < -0.39 is 0 Å². The van der Waals surface area contributed by atoms with Gasteiger partial charge in [0.1, 0.15) is 5.75 Å². The van der Waals surface area contributed by atoms with Crippen LogP contribution >= 0.6 is 11.6 Å². The average molecular weight is 254 g/mol. The fraction of sp³-hybridized carbons (Fsp3) is 0.273. The van der Waals surface area contributed by atoms with Crippen molar-refractivity contribution in [2.45, 2.75) is 13.0 Å². The van der Waals surface area contributed by atoms with Crippen LogP contribution in [0.4, 0.5) is 0 Å². The lowest BCUT2D eigenvalue weighted by Gasteiger charge is -2.09. The second kappa shape index (κ2) is 5.65. The summed E-state index contributed by atoms with van der Waals surface area (Å²) in [6.07, 6.45) is 1.98. The molecule has 0 saturated heterocycles. The minimum Gasteiger partial charge on any atom is -0.485 e. The van der Waals surface area contributed by atoms with Crippen molar-refractivity contribution in [2.24, 2.45) is 5.73 Å². The molecule has 0 aliphatic carbocycles. The maximum Gasteiger partial charge on any atom is 0.213 e. The molecule has 0 radical (unpaired) electrons. The summed E-state index contributed by atoms with van der Waals surface area (Å²) in [5, 5.41) is 4.33.